The first-order chi connectivity index (χ1) is 5.66. The molecule has 0 N–H and O–H groups in total. The molecule has 0 aromatic carbocycles. The molecule has 0 spiro atoms. The van der Waals surface area contributed by atoms with Gasteiger partial charge in [0, 0.05) is 0 Å². The third kappa shape index (κ3) is 4190. The van der Waals surface area contributed by atoms with E-state index in [0.717, 1.165) is 0 Å². The average Bonchev–Trinajstić information content (AvgIpc) is 1.92. The van der Waals surface area contributed by atoms with Gasteiger partial charge in [-0.15, -0.1) is 0 Å². The third-order valence-electron chi connectivity index (χ3n) is 0. The van der Waals surface area contributed by atoms with Crippen molar-refractivity contribution in [2.75, 3.05) is 0 Å². The molecule has 70 valence electrons. The minimum Gasteiger partial charge on any atom is -0.696 e. The smallest absolute Gasteiger partial charge is 0.696 e. The second-order valence-electron chi connectivity index (χ2n) is 0.365. The SMILES string of the molecule is N#C[S-].N#C[S-].N#C[S-].N#C[S-].[Pd+4]. The van der Waals surface area contributed by atoms with Crippen LogP contribution in [0.5, 0.6) is 0 Å². The van der Waals surface area contributed by atoms with Gasteiger partial charge in [-0.05, 0) is 0 Å². The van der Waals surface area contributed by atoms with E-state index in [1.54, 1.807) is 0 Å². The molecule has 0 aliphatic rings. The van der Waals surface area contributed by atoms with Crippen molar-refractivity contribution in [3.05, 3.63) is 0 Å². The van der Waals surface area contributed by atoms with Crippen molar-refractivity contribution in [2.24, 2.45) is 0 Å². The zero-order chi connectivity index (χ0) is 10.8. The van der Waals surface area contributed by atoms with Crippen molar-refractivity contribution in [3.63, 3.8) is 0 Å². The second kappa shape index (κ2) is 103. The molecule has 0 amide bonds. The summed E-state index contributed by atoms with van der Waals surface area (Å²) in [6, 6.07) is 0. The van der Waals surface area contributed by atoms with Crippen LogP contribution in [0.15, 0.2) is 0 Å². The van der Waals surface area contributed by atoms with Crippen molar-refractivity contribution in [1.82, 2.24) is 0 Å². The predicted molar refractivity (Wildman–Crippen MR) is 51.9 cm³/mol. The molecule has 0 heterocycles. The zero-order valence-electron chi connectivity index (χ0n) is 5.74. The first-order valence-electron chi connectivity index (χ1n) is 1.71. The number of nitriles is 4. The fourth-order valence-corrected chi connectivity index (χ4v) is 0. The van der Waals surface area contributed by atoms with Gasteiger partial charge in [0.25, 0.3) is 0 Å². The van der Waals surface area contributed by atoms with Gasteiger partial charge >= 0.3 is 20.4 Å². The molecule has 4 nitrogen and oxygen atoms in total. The number of hydrogen-bond acceptors (Lipinski definition) is 8. The summed E-state index contributed by atoms with van der Waals surface area (Å²) in [6.07, 6.45) is 0. The first-order valence-corrected chi connectivity index (χ1v) is 3.34. The molecule has 0 aliphatic carbocycles. The molecule has 0 aromatic rings. The Balaban J connectivity index is -0.0000000213. The van der Waals surface area contributed by atoms with E-state index in [0.29, 0.717) is 0 Å². The van der Waals surface area contributed by atoms with Gasteiger partial charge < -0.3 is 50.5 Å². The standard InChI is InChI=1S/4CHNS.Pd/c4*2-1-3;/h4*3H;/q;;;;+4/p-4. The average molecular weight is 339 g/mol. The van der Waals surface area contributed by atoms with E-state index >= 15 is 0 Å². The van der Waals surface area contributed by atoms with Crippen LogP contribution in [-0.2, 0) is 70.9 Å². The largest absolute Gasteiger partial charge is 4.00 e. The Kier molecular flexibility index (Phi) is 234. The summed E-state index contributed by atoms with van der Waals surface area (Å²) in [5, 5.41) is 33.9. The summed E-state index contributed by atoms with van der Waals surface area (Å²) in [5.74, 6) is 0. The van der Waals surface area contributed by atoms with E-state index in [4.69, 9.17) is 21.0 Å². The first kappa shape index (κ1) is 29.4. The number of thiocyanates is 4. The minimum atomic E-state index is 0. The molecule has 0 unspecified atom stereocenters. The predicted octanol–water partition coefficient (Wildman–Crippen LogP) is 0.0550. The van der Waals surface area contributed by atoms with Crippen LogP contribution in [-0.4, -0.2) is 0 Å². The summed E-state index contributed by atoms with van der Waals surface area (Å²) in [5.41, 5.74) is 0. The van der Waals surface area contributed by atoms with Crippen LogP contribution < -0.4 is 0 Å². The molecule has 0 saturated carbocycles. The van der Waals surface area contributed by atoms with Crippen molar-refractivity contribution in [1.29, 1.82) is 21.0 Å². The third-order valence-corrected chi connectivity index (χ3v) is 0. The second-order valence-corrected chi connectivity index (χ2v) is 1.10. The van der Waals surface area contributed by atoms with Crippen molar-refractivity contribution < 1.29 is 20.4 Å². The maximum atomic E-state index is 7.13. The maximum Gasteiger partial charge on any atom is 4.00 e. The van der Waals surface area contributed by atoms with E-state index < -0.39 is 0 Å². The van der Waals surface area contributed by atoms with E-state index in [9.17, 15) is 0 Å². The Labute approximate surface area is 113 Å². The molecule has 0 atom stereocenters. The van der Waals surface area contributed by atoms with Crippen LogP contribution in [0, 0.1) is 42.7 Å². The van der Waals surface area contributed by atoms with Crippen molar-refractivity contribution >= 4 is 50.5 Å². The van der Waals surface area contributed by atoms with Crippen LogP contribution in [0.1, 0.15) is 0 Å². The van der Waals surface area contributed by atoms with Crippen molar-refractivity contribution in [2.45, 2.75) is 0 Å². The molecule has 0 aliphatic heterocycles. The van der Waals surface area contributed by atoms with E-state index in [-0.39, 0.29) is 20.4 Å². The van der Waals surface area contributed by atoms with Gasteiger partial charge in [-0.3, -0.25) is 0 Å². The van der Waals surface area contributed by atoms with E-state index in [1.165, 1.54) is 21.6 Å². The van der Waals surface area contributed by atoms with Crippen LogP contribution >= 0.6 is 0 Å². The summed E-state index contributed by atoms with van der Waals surface area (Å²) in [6.45, 7) is 0. The molecule has 0 rings (SSSR count). The molecular weight excluding hydrogens is 339 g/mol. The van der Waals surface area contributed by atoms with Gasteiger partial charge in [-0.1, -0.05) is 21.6 Å². The number of rotatable bonds is 0. The number of nitrogens with zero attached hydrogens (tertiary/aromatic N) is 4. The molecule has 0 fully saturated rings. The Hall–Kier alpha value is -0.498. The quantitative estimate of drug-likeness (QED) is 0.347. The Morgan fingerprint density at radius 2 is 0.538 bits per heavy atom. The fraction of sp³-hybridized carbons (Fsp3) is 0. The molecular formula is C4N4PdS4. The molecule has 0 saturated heterocycles. The molecule has 0 radical (unpaired) electrons. The van der Waals surface area contributed by atoms with Crippen LogP contribution in [0.25, 0.3) is 0 Å². The summed E-state index contributed by atoms with van der Waals surface area (Å²) in [7, 11) is 0. The summed E-state index contributed by atoms with van der Waals surface area (Å²) >= 11 is 14.8. The van der Waals surface area contributed by atoms with Gasteiger partial charge in [0.15, 0.2) is 0 Å². The topological polar surface area (TPSA) is 95.2 Å². The van der Waals surface area contributed by atoms with Gasteiger partial charge in [0.2, 0.25) is 0 Å². The minimum absolute atomic E-state index is 0. The van der Waals surface area contributed by atoms with Crippen LogP contribution in [0.4, 0.5) is 0 Å². The monoisotopic (exact) mass is 338 g/mol. The van der Waals surface area contributed by atoms with Crippen LogP contribution in [0.3, 0.4) is 0 Å². The maximum absolute atomic E-state index is 7.13. The fourth-order valence-electron chi connectivity index (χ4n) is 0. The Morgan fingerprint density at radius 1 is 0.538 bits per heavy atom. The Bertz CT molecular complexity index is 158. The molecule has 13 heavy (non-hydrogen) atoms. The van der Waals surface area contributed by atoms with Gasteiger partial charge in [0.05, 0.1) is 0 Å². The van der Waals surface area contributed by atoms with E-state index in [1.807, 2.05) is 0 Å². The van der Waals surface area contributed by atoms with Crippen molar-refractivity contribution in [3.8, 4) is 21.6 Å². The molecule has 0 bridgehead atoms. The Morgan fingerprint density at radius 3 is 0.538 bits per heavy atom. The van der Waals surface area contributed by atoms with Gasteiger partial charge in [-0.25, -0.2) is 21.0 Å². The normalized spacial score (nSPS) is 2.15. The molecule has 9 heteroatoms. The van der Waals surface area contributed by atoms with Crippen LogP contribution in [0.2, 0.25) is 0 Å². The van der Waals surface area contributed by atoms with Gasteiger partial charge in [-0.2, -0.15) is 0 Å². The van der Waals surface area contributed by atoms with Gasteiger partial charge in [0.1, 0.15) is 0 Å². The zero-order valence-corrected chi connectivity index (χ0v) is 10.6. The number of hydrogen-bond donors (Lipinski definition) is 0. The summed E-state index contributed by atoms with van der Waals surface area (Å²) in [4.78, 5) is 0. The molecule has 0 aromatic heterocycles. The summed E-state index contributed by atoms with van der Waals surface area (Å²) < 4.78 is 0. The van der Waals surface area contributed by atoms with E-state index in [2.05, 4.69) is 50.5 Å².